The molecule has 8 nitrogen and oxygen atoms in total. The molecule has 0 radical (unpaired) electrons. The molecule has 0 bridgehead atoms. The average Bonchev–Trinajstić information content (AvgIpc) is 3.46. The predicted octanol–water partition coefficient (Wildman–Crippen LogP) is 1.47. The van der Waals surface area contributed by atoms with Crippen molar-refractivity contribution in [3.8, 4) is 0 Å². The molecule has 4 aliphatic rings. The van der Waals surface area contributed by atoms with Gasteiger partial charge in [-0.3, -0.25) is 19.9 Å². The zero-order valence-electron chi connectivity index (χ0n) is 18.0. The lowest BCUT2D eigenvalue weighted by Gasteiger charge is -2.34. The molecule has 1 atom stereocenters. The van der Waals surface area contributed by atoms with E-state index in [4.69, 9.17) is 4.98 Å². The van der Waals surface area contributed by atoms with Crippen molar-refractivity contribution in [2.45, 2.75) is 38.1 Å². The van der Waals surface area contributed by atoms with Crippen molar-refractivity contribution in [2.24, 2.45) is 10.9 Å². The van der Waals surface area contributed by atoms with E-state index < -0.39 is 0 Å². The SMILES string of the molecule is CN(CC1=CN(CC2CCN(C3=NCCN3)CC2)NN1)C1CCCc2cccnc21.[HH]. The van der Waals surface area contributed by atoms with Crippen LogP contribution in [0.3, 0.4) is 0 Å². The third kappa shape index (κ3) is 4.25. The maximum absolute atomic E-state index is 4.70. The fraction of sp³-hybridized carbons (Fsp3) is 0.636. The van der Waals surface area contributed by atoms with Crippen LogP contribution in [0.5, 0.6) is 0 Å². The van der Waals surface area contributed by atoms with Gasteiger partial charge in [0.25, 0.3) is 0 Å². The average molecular weight is 413 g/mol. The second-order valence-electron chi connectivity index (χ2n) is 8.98. The Bertz CT molecular complexity index is 804. The lowest BCUT2D eigenvalue weighted by Crippen LogP contribution is -2.46. The van der Waals surface area contributed by atoms with Gasteiger partial charge in [0.1, 0.15) is 0 Å². The number of fused-ring (bicyclic) bond motifs is 1. The van der Waals surface area contributed by atoms with Gasteiger partial charge in [0.05, 0.1) is 24.0 Å². The van der Waals surface area contributed by atoms with Crippen molar-refractivity contribution in [3.05, 3.63) is 41.5 Å². The summed E-state index contributed by atoms with van der Waals surface area (Å²) in [5.41, 5.74) is 10.6. The van der Waals surface area contributed by atoms with Gasteiger partial charge in [-0.2, -0.15) is 0 Å². The molecule has 0 aromatic carbocycles. The summed E-state index contributed by atoms with van der Waals surface area (Å²) in [5.74, 6) is 1.82. The van der Waals surface area contributed by atoms with Gasteiger partial charge in [0.2, 0.25) is 0 Å². The molecule has 0 amide bonds. The Morgan fingerprint density at radius 1 is 1.27 bits per heavy atom. The van der Waals surface area contributed by atoms with Gasteiger partial charge in [-0.1, -0.05) is 6.07 Å². The molecule has 8 heteroatoms. The third-order valence-corrected chi connectivity index (χ3v) is 6.81. The van der Waals surface area contributed by atoms with E-state index >= 15 is 0 Å². The molecule has 1 aliphatic carbocycles. The number of piperidine rings is 1. The minimum atomic E-state index is 0. The number of hydrazine groups is 2. The Kier molecular flexibility index (Phi) is 5.77. The van der Waals surface area contributed by atoms with Crippen LogP contribution in [0.25, 0.3) is 0 Å². The predicted molar refractivity (Wildman–Crippen MR) is 120 cm³/mol. The van der Waals surface area contributed by atoms with Crippen LogP contribution in [0.1, 0.15) is 44.4 Å². The lowest BCUT2D eigenvalue weighted by molar-refractivity contribution is 0.176. The Morgan fingerprint density at radius 3 is 3.00 bits per heavy atom. The maximum Gasteiger partial charge on any atom is 0.194 e. The van der Waals surface area contributed by atoms with Crippen LogP contribution in [0, 0.1) is 5.92 Å². The van der Waals surface area contributed by atoms with Gasteiger partial charge >= 0.3 is 0 Å². The van der Waals surface area contributed by atoms with E-state index in [9.17, 15) is 0 Å². The minimum Gasteiger partial charge on any atom is -0.354 e. The summed E-state index contributed by atoms with van der Waals surface area (Å²) in [7, 11) is 2.22. The number of hydrogen-bond donors (Lipinski definition) is 3. The van der Waals surface area contributed by atoms with Gasteiger partial charge in [0, 0.05) is 46.5 Å². The molecule has 30 heavy (non-hydrogen) atoms. The minimum absolute atomic E-state index is 0. The Balaban J connectivity index is 0.00000231. The summed E-state index contributed by atoms with van der Waals surface area (Å²) in [4.78, 5) is 14.1. The van der Waals surface area contributed by atoms with Crippen molar-refractivity contribution in [1.82, 2.24) is 36.1 Å². The first-order valence-electron chi connectivity index (χ1n) is 11.4. The molecular formula is C22H36N8. The first-order chi connectivity index (χ1) is 14.8. The number of nitrogens with one attached hydrogen (secondary N) is 3. The highest BCUT2D eigenvalue weighted by Gasteiger charge is 2.28. The topological polar surface area (TPSA) is 71.1 Å². The normalized spacial score (nSPS) is 24.4. The molecule has 0 saturated carbocycles. The fourth-order valence-corrected chi connectivity index (χ4v) is 5.17. The molecule has 164 valence electrons. The smallest absolute Gasteiger partial charge is 0.194 e. The van der Waals surface area contributed by atoms with Crippen LogP contribution in [-0.4, -0.2) is 72.1 Å². The standard InChI is InChI=1S/C22H34N8.H2/c1-28(20-6-2-4-18-5-3-9-23-21(18)20)15-19-16-30(27-26-19)14-17-7-12-29(13-8-17)22-24-10-11-25-22;/h3,5,9,16-17,20,26-27H,2,4,6-8,10-15H2,1H3,(H,24,25);1H. The quantitative estimate of drug-likeness (QED) is 0.677. The highest BCUT2D eigenvalue weighted by atomic mass is 15.7. The van der Waals surface area contributed by atoms with Gasteiger partial charge < -0.3 is 15.6 Å². The second-order valence-corrected chi connectivity index (χ2v) is 8.98. The molecule has 1 aromatic rings. The molecule has 3 N–H and O–H groups in total. The summed E-state index contributed by atoms with van der Waals surface area (Å²) < 4.78 is 0. The van der Waals surface area contributed by atoms with Crippen molar-refractivity contribution < 1.29 is 1.43 Å². The summed E-state index contributed by atoms with van der Waals surface area (Å²) >= 11 is 0. The number of rotatable bonds is 5. The monoisotopic (exact) mass is 412 g/mol. The number of pyridine rings is 1. The van der Waals surface area contributed by atoms with E-state index in [1.165, 1.54) is 42.6 Å². The van der Waals surface area contributed by atoms with Crippen LogP contribution >= 0.6 is 0 Å². The van der Waals surface area contributed by atoms with Crippen LogP contribution in [0.2, 0.25) is 0 Å². The number of nitrogens with zero attached hydrogens (tertiary/aromatic N) is 5. The molecule has 1 fully saturated rings. The third-order valence-electron chi connectivity index (χ3n) is 6.81. The second kappa shape index (κ2) is 8.81. The Morgan fingerprint density at radius 2 is 2.17 bits per heavy atom. The molecular weight excluding hydrogens is 376 g/mol. The molecule has 1 aromatic heterocycles. The fourth-order valence-electron chi connectivity index (χ4n) is 5.17. The zero-order valence-corrected chi connectivity index (χ0v) is 18.0. The van der Waals surface area contributed by atoms with E-state index in [2.05, 4.69) is 61.5 Å². The van der Waals surface area contributed by atoms with Crippen LogP contribution in [0.4, 0.5) is 0 Å². The van der Waals surface area contributed by atoms with Crippen LogP contribution in [-0.2, 0) is 6.42 Å². The van der Waals surface area contributed by atoms with Gasteiger partial charge in [-0.05, 0) is 56.7 Å². The van der Waals surface area contributed by atoms with E-state index in [1.54, 1.807) is 0 Å². The van der Waals surface area contributed by atoms with Crippen molar-refractivity contribution >= 4 is 5.96 Å². The number of aryl methyl sites for hydroxylation is 1. The largest absolute Gasteiger partial charge is 0.354 e. The molecule has 4 heterocycles. The highest BCUT2D eigenvalue weighted by Crippen LogP contribution is 2.32. The van der Waals surface area contributed by atoms with Crippen molar-refractivity contribution in [2.75, 3.05) is 46.3 Å². The Hall–Kier alpha value is -2.32. The Labute approximate surface area is 180 Å². The molecule has 1 saturated heterocycles. The number of likely N-dealkylation sites (N-methyl/N-ethyl adjacent to an activating group) is 1. The maximum atomic E-state index is 4.70. The number of hydrogen-bond acceptors (Lipinski definition) is 8. The van der Waals surface area contributed by atoms with Crippen LogP contribution < -0.4 is 16.3 Å². The number of aliphatic imine (C=N–C) groups is 1. The summed E-state index contributed by atoms with van der Waals surface area (Å²) in [6.07, 6.45) is 10.2. The number of guanidine groups is 1. The van der Waals surface area contributed by atoms with Crippen molar-refractivity contribution in [3.63, 3.8) is 0 Å². The first kappa shape index (κ1) is 19.6. The first-order valence-corrected chi connectivity index (χ1v) is 11.4. The van der Waals surface area contributed by atoms with Gasteiger partial charge in [0.15, 0.2) is 5.96 Å². The van der Waals surface area contributed by atoms with Crippen molar-refractivity contribution in [1.29, 1.82) is 0 Å². The lowest BCUT2D eigenvalue weighted by atomic mass is 9.91. The molecule has 0 spiro atoms. The van der Waals surface area contributed by atoms with Gasteiger partial charge in [-0.15, -0.1) is 5.53 Å². The number of aromatic nitrogens is 1. The zero-order chi connectivity index (χ0) is 20.3. The van der Waals surface area contributed by atoms with E-state index in [0.717, 1.165) is 51.6 Å². The molecule has 3 aliphatic heterocycles. The molecule has 1 unspecified atom stereocenters. The van der Waals surface area contributed by atoms with E-state index in [1.807, 2.05) is 6.20 Å². The van der Waals surface area contributed by atoms with Gasteiger partial charge in [-0.25, -0.2) is 0 Å². The summed E-state index contributed by atoms with van der Waals surface area (Å²) in [6.45, 7) is 6.05. The van der Waals surface area contributed by atoms with E-state index in [0.29, 0.717) is 12.0 Å². The summed E-state index contributed by atoms with van der Waals surface area (Å²) in [5, 5.41) is 5.62. The van der Waals surface area contributed by atoms with Crippen LogP contribution in [0.15, 0.2) is 35.2 Å². The van der Waals surface area contributed by atoms with E-state index in [-0.39, 0.29) is 1.43 Å². The molecule has 5 rings (SSSR count). The number of likely N-dealkylation sites (tertiary alicyclic amines) is 1. The highest BCUT2D eigenvalue weighted by molar-refractivity contribution is 5.81. The summed E-state index contributed by atoms with van der Waals surface area (Å²) in [6, 6.07) is 4.70.